The molecule has 1 aromatic heterocycles. The Morgan fingerprint density at radius 3 is 2.45 bits per heavy atom. The maximum absolute atomic E-state index is 11.8. The van der Waals surface area contributed by atoms with E-state index in [0.29, 0.717) is 12.0 Å². The van der Waals surface area contributed by atoms with Gasteiger partial charge in [0, 0.05) is 38.1 Å². The lowest BCUT2D eigenvalue weighted by Crippen LogP contribution is -2.49. The zero-order valence-electron chi connectivity index (χ0n) is 13.0. The first-order chi connectivity index (χ1) is 10.8. The Kier molecular flexibility index (Phi) is 4.75. The van der Waals surface area contributed by atoms with E-state index in [9.17, 15) is 4.79 Å². The highest BCUT2D eigenvalue weighted by atomic mass is 16.2. The van der Waals surface area contributed by atoms with Crippen LogP contribution in [0.2, 0.25) is 0 Å². The largest absolute Gasteiger partial charge is 0.351 e. The number of rotatable bonds is 2. The molecule has 3 rings (SSSR count). The highest BCUT2D eigenvalue weighted by Gasteiger charge is 2.33. The van der Waals surface area contributed by atoms with Gasteiger partial charge in [0.1, 0.15) is 0 Å². The van der Waals surface area contributed by atoms with Crippen LogP contribution in [0, 0.1) is 5.92 Å². The first-order valence-electron chi connectivity index (χ1n) is 8.34. The summed E-state index contributed by atoms with van der Waals surface area (Å²) in [5, 5.41) is 0. The summed E-state index contributed by atoms with van der Waals surface area (Å²) in [7, 11) is 0. The minimum atomic E-state index is -0.249. The van der Waals surface area contributed by atoms with Crippen molar-refractivity contribution in [2.45, 2.75) is 44.6 Å². The number of likely N-dealkylation sites (tertiary alicyclic amines) is 1. The van der Waals surface area contributed by atoms with Crippen molar-refractivity contribution in [3.63, 3.8) is 0 Å². The lowest BCUT2D eigenvalue weighted by molar-refractivity contribution is 0.143. The van der Waals surface area contributed by atoms with Crippen molar-refractivity contribution in [2.75, 3.05) is 24.5 Å². The van der Waals surface area contributed by atoms with Crippen LogP contribution in [0.4, 0.5) is 10.7 Å². The number of piperidine rings is 1. The monoisotopic (exact) mass is 303 g/mol. The van der Waals surface area contributed by atoms with Gasteiger partial charge < -0.3 is 15.5 Å². The van der Waals surface area contributed by atoms with Crippen LogP contribution in [0.5, 0.6) is 0 Å². The van der Waals surface area contributed by atoms with Crippen LogP contribution >= 0.6 is 0 Å². The van der Waals surface area contributed by atoms with Crippen LogP contribution in [0.1, 0.15) is 38.5 Å². The van der Waals surface area contributed by atoms with Crippen molar-refractivity contribution in [1.82, 2.24) is 14.9 Å². The van der Waals surface area contributed by atoms with Crippen molar-refractivity contribution in [3.8, 4) is 0 Å². The molecule has 1 unspecified atom stereocenters. The van der Waals surface area contributed by atoms with Crippen molar-refractivity contribution < 1.29 is 4.79 Å². The summed E-state index contributed by atoms with van der Waals surface area (Å²) in [4.78, 5) is 24.6. The van der Waals surface area contributed by atoms with Gasteiger partial charge in [0.25, 0.3) is 0 Å². The van der Waals surface area contributed by atoms with Crippen molar-refractivity contribution >= 4 is 12.0 Å². The predicted octanol–water partition coefficient (Wildman–Crippen LogP) is 2.02. The van der Waals surface area contributed by atoms with E-state index in [1.165, 1.54) is 12.8 Å². The van der Waals surface area contributed by atoms with Gasteiger partial charge in [-0.15, -0.1) is 0 Å². The lowest BCUT2D eigenvalue weighted by atomic mass is 9.86. The normalized spacial score (nSPS) is 24.1. The third-order valence-electron chi connectivity index (χ3n) is 5.00. The van der Waals surface area contributed by atoms with Crippen molar-refractivity contribution in [1.29, 1.82) is 0 Å². The molecule has 2 fully saturated rings. The molecule has 2 amide bonds. The fourth-order valence-electron chi connectivity index (χ4n) is 3.84. The quantitative estimate of drug-likeness (QED) is 0.907. The molecule has 0 radical (unpaired) electrons. The van der Waals surface area contributed by atoms with Crippen LogP contribution in [-0.2, 0) is 0 Å². The molecule has 2 saturated heterocycles. The molecule has 1 aromatic rings. The zero-order chi connectivity index (χ0) is 15.4. The van der Waals surface area contributed by atoms with E-state index in [1.54, 1.807) is 12.4 Å². The number of nitrogens with two attached hydrogens (primary N) is 1. The molecule has 6 nitrogen and oxygen atoms in total. The smallest absolute Gasteiger partial charge is 0.315 e. The molecule has 120 valence electrons. The third-order valence-corrected chi connectivity index (χ3v) is 5.00. The Balaban J connectivity index is 1.63. The van der Waals surface area contributed by atoms with Crippen LogP contribution in [0.25, 0.3) is 0 Å². The van der Waals surface area contributed by atoms with E-state index in [-0.39, 0.29) is 6.03 Å². The lowest BCUT2D eigenvalue weighted by Gasteiger charge is -2.40. The van der Waals surface area contributed by atoms with Gasteiger partial charge in [0.15, 0.2) is 0 Å². The van der Waals surface area contributed by atoms with Crippen molar-refractivity contribution in [2.24, 2.45) is 11.7 Å². The highest BCUT2D eigenvalue weighted by Crippen LogP contribution is 2.30. The summed E-state index contributed by atoms with van der Waals surface area (Å²) >= 11 is 0. The molecule has 2 N–H and O–H groups in total. The van der Waals surface area contributed by atoms with E-state index in [1.807, 2.05) is 11.0 Å². The number of amides is 2. The van der Waals surface area contributed by atoms with E-state index in [4.69, 9.17) is 5.73 Å². The van der Waals surface area contributed by atoms with Gasteiger partial charge in [-0.3, -0.25) is 0 Å². The maximum atomic E-state index is 11.8. The van der Waals surface area contributed by atoms with E-state index < -0.39 is 0 Å². The summed E-state index contributed by atoms with van der Waals surface area (Å²) in [6.45, 7) is 2.73. The molecule has 3 heterocycles. The van der Waals surface area contributed by atoms with Gasteiger partial charge in [0.05, 0.1) is 0 Å². The second-order valence-electron chi connectivity index (χ2n) is 6.32. The van der Waals surface area contributed by atoms with Crippen LogP contribution in [0.3, 0.4) is 0 Å². The molecule has 6 heteroatoms. The number of aromatic nitrogens is 2. The molecule has 0 aromatic carbocycles. The molecular formula is C16H25N5O. The number of carbonyl (C=O) groups is 1. The number of urea groups is 1. The van der Waals surface area contributed by atoms with Gasteiger partial charge in [-0.1, -0.05) is 12.8 Å². The summed E-state index contributed by atoms with van der Waals surface area (Å²) < 4.78 is 0. The number of anilines is 1. The van der Waals surface area contributed by atoms with E-state index >= 15 is 0 Å². The van der Waals surface area contributed by atoms with Crippen LogP contribution in [-0.4, -0.2) is 46.6 Å². The number of nitrogens with zero attached hydrogens (tertiary/aromatic N) is 4. The number of hydrogen-bond acceptors (Lipinski definition) is 4. The Hall–Kier alpha value is -1.85. The summed E-state index contributed by atoms with van der Waals surface area (Å²) in [6, 6.07) is 1.91. The highest BCUT2D eigenvalue weighted by molar-refractivity contribution is 5.72. The first kappa shape index (κ1) is 15.1. The van der Waals surface area contributed by atoms with Gasteiger partial charge in [-0.2, -0.15) is 0 Å². The molecule has 0 aliphatic carbocycles. The number of hydrogen-bond donors (Lipinski definition) is 1. The topological polar surface area (TPSA) is 75.4 Å². The zero-order valence-corrected chi connectivity index (χ0v) is 13.0. The standard InChI is InChI=1S/C16H25N5O/c17-15(22)21-10-3-1-2-5-14(21)13-6-11-20(12-7-13)16-18-8-4-9-19-16/h4,8-9,13-14H,1-3,5-7,10-12H2,(H2,17,22). The second kappa shape index (κ2) is 6.94. The summed E-state index contributed by atoms with van der Waals surface area (Å²) in [5.41, 5.74) is 5.61. The van der Waals surface area contributed by atoms with Crippen molar-refractivity contribution in [3.05, 3.63) is 18.5 Å². The van der Waals surface area contributed by atoms with Gasteiger partial charge >= 0.3 is 6.03 Å². The van der Waals surface area contributed by atoms with Crippen LogP contribution < -0.4 is 10.6 Å². The van der Waals surface area contributed by atoms with E-state index in [2.05, 4.69) is 14.9 Å². The minimum Gasteiger partial charge on any atom is -0.351 e. The predicted molar refractivity (Wildman–Crippen MR) is 85.5 cm³/mol. The molecule has 1 atom stereocenters. The number of carbonyl (C=O) groups excluding carboxylic acids is 1. The SMILES string of the molecule is NC(=O)N1CCCCCC1C1CCN(c2ncccn2)CC1. The van der Waals surface area contributed by atoms with Gasteiger partial charge in [0.2, 0.25) is 5.95 Å². The summed E-state index contributed by atoms with van der Waals surface area (Å²) in [6.07, 6.45) is 10.3. The molecule has 22 heavy (non-hydrogen) atoms. The molecule has 0 spiro atoms. The van der Waals surface area contributed by atoms with E-state index in [0.717, 1.165) is 51.3 Å². The average molecular weight is 303 g/mol. The minimum absolute atomic E-state index is 0.249. The fraction of sp³-hybridized carbons (Fsp3) is 0.688. The second-order valence-corrected chi connectivity index (χ2v) is 6.32. The number of primary amides is 1. The van der Waals surface area contributed by atoms with Gasteiger partial charge in [-0.25, -0.2) is 14.8 Å². The molecule has 2 aliphatic heterocycles. The Morgan fingerprint density at radius 2 is 1.77 bits per heavy atom. The van der Waals surface area contributed by atoms with Gasteiger partial charge in [-0.05, 0) is 37.7 Å². The molecule has 2 aliphatic rings. The Morgan fingerprint density at radius 1 is 1.05 bits per heavy atom. The Bertz CT molecular complexity index is 487. The molecular weight excluding hydrogens is 278 g/mol. The maximum Gasteiger partial charge on any atom is 0.315 e. The molecule has 0 saturated carbocycles. The van der Waals surface area contributed by atoms with Crippen LogP contribution in [0.15, 0.2) is 18.5 Å². The average Bonchev–Trinajstić information content (AvgIpc) is 2.82. The Labute approximate surface area is 131 Å². The fourth-order valence-corrected chi connectivity index (χ4v) is 3.84. The third kappa shape index (κ3) is 3.31. The first-order valence-corrected chi connectivity index (χ1v) is 8.34. The summed E-state index contributed by atoms with van der Waals surface area (Å²) in [5.74, 6) is 1.36. The molecule has 0 bridgehead atoms.